The zero-order valence-electron chi connectivity index (χ0n) is 16.1. The Morgan fingerprint density at radius 1 is 1.25 bits per heavy atom. The number of guanidine groups is 1. The van der Waals surface area contributed by atoms with Gasteiger partial charge in [0.2, 0.25) is 5.96 Å². The molecule has 1 amide bonds. The molecule has 1 atom stereocenters. The molecule has 1 saturated heterocycles. The van der Waals surface area contributed by atoms with Crippen molar-refractivity contribution in [2.24, 2.45) is 4.99 Å². The summed E-state index contributed by atoms with van der Waals surface area (Å²) < 4.78 is 18.8. The molecule has 0 saturated carbocycles. The van der Waals surface area contributed by atoms with Crippen molar-refractivity contribution in [3.8, 4) is 0 Å². The smallest absolute Gasteiger partial charge is 0.258 e. The highest BCUT2D eigenvalue weighted by molar-refractivity contribution is 6.10. The van der Waals surface area contributed by atoms with Crippen molar-refractivity contribution >= 4 is 23.2 Å². The summed E-state index contributed by atoms with van der Waals surface area (Å²) in [4.78, 5) is 19.2. The van der Waals surface area contributed by atoms with Crippen molar-refractivity contribution in [3.63, 3.8) is 0 Å². The van der Waals surface area contributed by atoms with E-state index in [-0.39, 0.29) is 17.8 Å². The Hall–Kier alpha value is -2.93. The Morgan fingerprint density at radius 3 is 2.71 bits per heavy atom. The number of amides is 1. The molecule has 1 heterocycles. The average molecular weight is 384 g/mol. The minimum atomic E-state index is -0.326. The quantitative estimate of drug-likeness (QED) is 0.613. The lowest BCUT2D eigenvalue weighted by molar-refractivity contribution is 0.0975. The summed E-state index contributed by atoms with van der Waals surface area (Å²) in [7, 11) is 3.84. The normalized spacial score (nSPS) is 16.7. The molecule has 0 bridgehead atoms. The first kappa shape index (κ1) is 19.8. The number of carbonyl (C=O) groups excluding carboxylic acids is 1. The van der Waals surface area contributed by atoms with Crippen LogP contribution in [-0.2, 0) is 4.74 Å². The first-order chi connectivity index (χ1) is 13.5. The van der Waals surface area contributed by atoms with Crippen LogP contribution in [0.25, 0.3) is 0 Å². The predicted molar refractivity (Wildman–Crippen MR) is 110 cm³/mol. The van der Waals surface area contributed by atoms with Crippen LogP contribution >= 0.6 is 0 Å². The minimum Gasteiger partial charge on any atom is -0.378 e. The largest absolute Gasteiger partial charge is 0.378 e. The van der Waals surface area contributed by atoms with E-state index < -0.39 is 0 Å². The van der Waals surface area contributed by atoms with Gasteiger partial charge in [0.05, 0.1) is 12.6 Å². The van der Waals surface area contributed by atoms with Gasteiger partial charge in [0.1, 0.15) is 5.82 Å². The zero-order valence-corrected chi connectivity index (χ0v) is 16.1. The summed E-state index contributed by atoms with van der Waals surface area (Å²) in [6, 6.07) is 13.2. The first-order valence-electron chi connectivity index (χ1n) is 9.28. The van der Waals surface area contributed by atoms with Gasteiger partial charge in [0.25, 0.3) is 5.91 Å². The van der Waals surface area contributed by atoms with Crippen molar-refractivity contribution in [1.29, 1.82) is 0 Å². The molecule has 2 aromatic rings. The molecule has 0 radical (unpaired) electrons. The Morgan fingerprint density at radius 2 is 2.04 bits per heavy atom. The van der Waals surface area contributed by atoms with Crippen LogP contribution in [0.15, 0.2) is 53.5 Å². The van der Waals surface area contributed by atoms with Crippen molar-refractivity contribution in [1.82, 2.24) is 5.32 Å². The maximum Gasteiger partial charge on any atom is 0.258 e. The van der Waals surface area contributed by atoms with Gasteiger partial charge in [0.15, 0.2) is 0 Å². The maximum absolute atomic E-state index is 13.2. The number of halogens is 1. The summed E-state index contributed by atoms with van der Waals surface area (Å²) in [6.45, 7) is 1.19. The number of hydrogen-bond donors (Lipinski definition) is 2. The van der Waals surface area contributed by atoms with Crippen LogP contribution in [0.3, 0.4) is 0 Å². The third kappa shape index (κ3) is 5.53. The second kappa shape index (κ2) is 9.32. The van der Waals surface area contributed by atoms with E-state index in [4.69, 9.17) is 4.74 Å². The van der Waals surface area contributed by atoms with Gasteiger partial charge in [0, 0.05) is 37.6 Å². The highest BCUT2D eigenvalue weighted by Gasteiger charge is 2.16. The summed E-state index contributed by atoms with van der Waals surface area (Å²) in [5.41, 5.74) is 2.09. The number of aliphatic imine (C=N–C) groups is 1. The Kier molecular flexibility index (Phi) is 6.60. The van der Waals surface area contributed by atoms with Crippen LogP contribution in [-0.4, -0.2) is 45.2 Å². The number of ether oxygens (including phenoxy) is 1. The van der Waals surface area contributed by atoms with Gasteiger partial charge in [-0.1, -0.05) is 6.07 Å². The average Bonchev–Trinajstić information content (AvgIpc) is 3.21. The molecular weight excluding hydrogens is 359 g/mol. The molecule has 2 aromatic carbocycles. The van der Waals surface area contributed by atoms with E-state index in [2.05, 4.69) is 15.6 Å². The summed E-state index contributed by atoms with van der Waals surface area (Å²) in [5.74, 6) is -0.292. The Labute approximate surface area is 164 Å². The van der Waals surface area contributed by atoms with Crippen molar-refractivity contribution in [2.45, 2.75) is 18.9 Å². The molecule has 7 heteroatoms. The van der Waals surface area contributed by atoms with Gasteiger partial charge >= 0.3 is 0 Å². The van der Waals surface area contributed by atoms with Gasteiger partial charge in [-0.3, -0.25) is 10.1 Å². The number of rotatable bonds is 5. The number of nitrogens with zero attached hydrogens (tertiary/aromatic N) is 2. The fraction of sp³-hybridized carbons (Fsp3) is 0.333. The van der Waals surface area contributed by atoms with E-state index in [9.17, 15) is 9.18 Å². The molecule has 28 heavy (non-hydrogen) atoms. The Balaban J connectivity index is 1.75. The molecule has 148 valence electrons. The molecule has 0 aliphatic carbocycles. The van der Waals surface area contributed by atoms with Gasteiger partial charge in [-0.05, 0) is 55.3 Å². The van der Waals surface area contributed by atoms with E-state index in [0.29, 0.717) is 23.8 Å². The molecular formula is C21H25FN4O2. The van der Waals surface area contributed by atoms with Gasteiger partial charge in [-0.25, -0.2) is 9.38 Å². The highest BCUT2D eigenvalue weighted by atomic mass is 19.1. The number of benzene rings is 2. The van der Waals surface area contributed by atoms with Crippen LogP contribution in [0.2, 0.25) is 0 Å². The van der Waals surface area contributed by atoms with Crippen LogP contribution in [0.4, 0.5) is 15.8 Å². The van der Waals surface area contributed by atoms with Gasteiger partial charge < -0.3 is 15.0 Å². The topological polar surface area (TPSA) is 66.0 Å². The summed E-state index contributed by atoms with van der Waals surface area (Å²) in [5, 5.41) is 5.87. The Bertz CT molecular complexity index is 831. The molecule has 1 aliphatic heterocycles. The molecule has 1 aliphatic rings. The lowest BCUT2D eigenvalue weighted by atomic mass is 10.2. The standard InChI is InChI=1S/C21H25FN4O2/c1-26(2)18-6-3-5-15(13-18)20(27)25-21(23-14-19-7-4-12-28-19)24-17-10-8-16(22)9-11-17/h3,5-6,8-11,13,19H,4,7,12,14H2,1-2H3,(H2,23,24,25,27)/t19-/m0/s1. The number of hydrogen-bond acceptors (Lipinski definition) is 4. The lowest BCUT2D eigenvalue weighted by Crippen LogP contribution is -2.36. The fourth-order valence-electron chi connectivity index (χ4n) is 2.87. The van der Waals surface area contributed by atoms with E-state index >= 15 is 0 Å². The predicted octanol–water partition coefficient (Wildman–Crippen LogP) is 3.27. The van der Waals surface area contributed by atoms with Crippen molar-refractivity contribution in [2.75, 3.05) is 37.5 Å². The maximum atomic E-state index is 13.2. The van der Waals surface area contributed by atoms with Crippen LogP contribution in [0.5, 0.6) is 0 Å². The second-order valence-corrected chi connectivity index (χ2v) is 6.86. The van der Waals surface area contributed by atoms with Crippen LogP contribution in [0, 0.1) is 5.82 Å². The van der Waals surface area contributed by atoms with Gasteiger partial charge in [-0.15, -0.1) is 0 Å². The van der Waals surface area contributed by atoms with E-state index in [0.717, 1.165) is 25.1 Å². The van der Waals surface area contributed by atoms with E-state index in [1.165, 1.54) is 12.1 Å². The lowest BCUT2D eigenvalue weighted by Gasteiger charge is -2.15. The molecule has 1 fully saturated rings. The third-order valence-corrected chi connectivity index (χ3v) is 4.44. The molecule has 2 N–H and O–H groups in total. The molecule has 0 spiro atoms. The molecule has 0 aromatic heterocycles. The molecule has 0 unspecified atom stereocenters. The summed E-state index contributed by atoms with van der Waals surface area (Å²) in [6.07, 6.45) is 2.02. The minimum absolute atomic E-state index is 0.0546. The van der Waals surface area contributed by atoms with E-state index in [1.807, 2.05) is 37.2 Å². The number of nitrogens with one attached hydrogen (secondary N) is 2. The van der Waals surface area contributed by atoms with Gasteiger partial charge in [-0.2, -0.15) is 0 Å². The molecule has 6 nitrogen and oxygen atoms in total. The first-order valence-corrected chi connectivity index (χ1v) is 9.28. The summed E-state index contributed by atoms with van der Waals surface area (Å²) >= 11 is 0. The zero-order chi connectivity index (χ0) is 19.9. The number of anilines is 2. The monoisotopic (exact) mass is 384 g/mol. The highest BCUT2D eigenvalue weighted by Crippen LogP contribution is 2.15. The van der Waals surface area contributed by atoms with E-state index in [1.54, 1.807) is 18.2 Å². The molecule has 3 rings (SSSR count). The number of carbonyl (C=O) groups is 1. The van der Waals surface area contributed by atoms with Crippen molar-refractivity contribution < 1.29 is 13.9 Å². The fourth-order valence-corrected chi connectivity index (χ4v) is 2.87. The van der Waals surface area contributed by atoms with Crippen LogP contribution < -0.4 is 15.5 Å². The third-order valence-electron chi connectivity index (χ3n) is 4.44. The van der Waals surface area contributed by atoms with Crippen molar-refractivity contribution in [3.05, 3.63) is 59.9 Å². The van der Waals surface area contributed by atoms with Crippen LogP contribution in [0.1, 0.15) is 23.2 Å². The SMILES string of the molecule is CN(C)c1cccc(C(=O)NC(=NC[C@@H]2CCCO2)Nc2ccc(F)cc2)c1. The second-order valence-electron chi connectivity index (χ2n) is 6.86.